The molecular weight excluding hydrogens is 256 g/mol. The molecule has 5 heteroatoms. The smallest absolute Gasteiger partial charge is 0.271 e. The van der Waals surface area contributed by atoms with E-state index < -0.39 is 0 Å². The molecule has 0 spiro atoms. The van der Waals surface area contributed by atoms with Crippen LogP contribution in [0.4, 0.5) is 5.69 Å². The average Bonchev–Trinajstić information content (AvgIpc) is 2.76. The number of fused-ring (bicyclic) bond motifs is 1. The van der Waals surface area contributed by atoms with E-state index in [2.05, 4.69) is 6.20 Å². The number of hydrogen-bond donors (Lipinski definition) is 0. The SMILES string of the molecule is Cn1cc(C2CCC(=O)CC2)c2ccc([N+](=O)[O-])cc21. The molecule has 0 N–H and O–H groups in total. The zero-order chi connectivity index (χ0) is 14.3. The van der Waals surface area contributed by atoms with Crippen molar-refractivity contribution in [2.45, 2.75) is 31.6 Å². The molecule has 0 saturated heterocycles. The van der Waals surface area contributed by atoms with Gasteiger partial charge >= 0.3 is 0 Å². The fourth-order valence-electron chi connectivity index (χ4n) is 3.09. The van der Waals surface area contributed by atoms with Crippen LogP contribution in [0.5, 0.6) is 0 Å². The van der Waals surface area contributed by atoms with Crippen LogP contribution in [0.3, 0.4) is 0 Å². The number of non-ortho nitro benzene ring substituents is 1. The molecule has 5 nitrogen and oxygen atoms in total. The summed E-state index contributed by atoms with van der Waals surface area (Å²) in [6.45, 7) is 0. The number of benzene rings is 1. The van der Waals surface area contributed by atoms with Gasteiger partial charge in [-0.2, -0.15) is 0 Å². The summed E-state index contributed by atoms with van der Waals surface area (Å²) in [5.41, 5.74) is 2.21. The van der Waals surface area contributed by atoms with Crippen LogP contribution in [0.15, 0.2) is 24.4 Å². The molecule has 104 valence electrons. The highest BCUT2D eigenvalue weighted by molar-refractivity contribution is 5.87. The lowest BCUT2D eigenvalue weighted by Gasteiger charge is -2.20. The van der Waals surface area contributed by atoms with Crippen molar-refractivity contribution >= 4 is 22.4 Å². The van der Waals surface area contributed by atoms with Gasteiger partial charge in [0.15, 0.2) is 0 Å². The first-order chi connectivity index (χ1) is 9.56. The van der Waals surface area contributed by atoms with Crippen LogP contribution in [0.2, 0.25) is 0 Å². The fourth-order valence-corrected chi connectivity index (χ4v) is 3.09. The van der Waals surface area contributed by atoms with Gasteiger partial charge in [0.2, 0.25) is 0 Å². The van der Waals surface area contributed by atoms with Crippen LogP contribution in [-0.2, 0) is 11.8 Å². The fraction of sp³-hybridized carbons (Fsp3) is 0.400. The van der Waals surface area contributed by atoms with Gasteiger partial charge in [0.1, 0.15) is 5.78 Å². The van der Waals surface area contributed by atoms with E-state index >= 15 is 0 Å². The van der Waals surface area contributed by atoms with Crippen molar-refractivity contribution in [1.29, 1.82) is 0 Å². The largest absolute Gasteiger partial charge is 0.350 e. The molecule has 1 aromatic heterocycles. The van der Waals surface area contributed by atoms with E-state index in [1.54, 1.807) is 12.1 Å². The molecule has 0 bridgehead atoms. The zero-order valence-corrected chi connectivity index (χ0v) is 11.3. The van der Waals surface area contributed by atoms with E-state index in [9.17, 15) is 14.9 Å². The molecule has 0 atom stereocenters. The minimum atomic E-state index is -0.370. The summed E-state index contributed by atoms with van der Waals surface area (Å²) < 4.78 is 1.94. The Balaban J connectivity index is 2.04. The molecule has 1 aliphatic rings. The third kappa shape index (κ3) is 2.09. The van der Waals surface area contributed by atoms with E-state index in [0.29, 0.717) is 24.5 Å². The number of nitro groups is 1. The number of nitro benzene ring substituents is 1. The molecule has 0 aliphatic heterocycles. The molecule has 0 radical (unpaired) electrons. The maximum absolute atomic E-state index is 11.3. The Hall–Kier alpha value is -2.17. The first-order valence-corrected chi connectivity index (χ1v) is 6.81. The lowest BCUT2D eigenvalue weighted by Crippen LogP contribution is -2.12. The second-order valence-corrected chi connectivity index (χ2v) is 5.47. The molecule has 1 heterocycles. The minimum Gasteiger partial charge on any atom is -0.350 e. The van der Waals surface area contributed by atoms with E-state index in [4.69, 9.17) is 0 Å². The number of hydrogen-bond acceptors (Lipinski definition) is 3. The Kier molecular flexibility index (Phi) is 3.04. The summed E-state index contributed by atoms with van der Waals surface area (Å²) >= 11 is 0. The van der Waals surface area contributed by atoms with Crippen LogP contribution < -0.4 is 0 Å². The van der Waals surface area contributed by atoms with E-state index in [1.165, 1.54) is 5.56 Å². The Labute approximate surface area is 116 Å². The highest BCUT2D eigenvalue weighted by Gasteiger charge is 2.23. The second kappa shape index (κ2) is 4.74. The van der Waals surface area contributed by atoms with Gasteiger partial charge in [0.05, 0.1) is 10.4 Å². The highest BCUT2D eigenvalue weighted by atomic mass is 16.6. The molecule has 2 aromatic rings. The summed E-state index contributed by atoms with van der Waals surface area (Å²) in [4.78, 5) is 21.8. The number of carbonyl (C=O) groups is 1. The van der Waals surface area contributed by atoms with Gasteiger partial charge in [-0.15, -0.1) is 0 Å². The van der Waals surface area contributed by atoms with Crippen molar-refractivity contribution in [2.75, 3.05) is 0 Å². The molecule has 1 saturated carbocycles. The predicted octanol–water partition coefficient (Wildman–Crippen LogP) is 3.31. The van der Waals surface area contributed by atoms with Crippen LogP contribution >= 0.6 is 0 Å². The predicted molar refractivity (Wildman–Crippen MR) is 75.8 cm³/mol. The van der Waals surface area contributed by atoms with Gasteiger partial charge in [-0.3, -0.25) is 14.9 Å². The van der Waals surface area contributed by atoms with E-state index in [0.717, 1.165) is 23.7 Å². The minimum absolute atomic E-state index is 0.115. The lowest BCUT2D eigenvalue weighted by molar-refractivity contribution is -0.384. The summed E-state index contributed by atoms with van der Waals surface area (Å²) in [5.74, 6) is 0.731. The standard InChI is InChI=1S/C15H16N2O3/c1-16-9-14(10-2-5-12(18)6-3-10)13-7-4-11(17(19)20)8-15(13)16/h4,7-10H,2-3,5-6H2,1H3. The van der Waals surface area contributed by atoms with Gasteiger partial charge in [0.25, 0.3) is 5.69 Å². The Morgan fingerprint density at radius 2 is 2.00 bits per heavy atom. The Bertz CT molecular complexity index is 692. The third-order valence-electron chi connectivity index (χ3n) is 4.20. The van der Waals surface area contributed by atoms with Crippen molar-refractivity contribution in [3.05, 3.63) is 40.1 Å². The number of nitrogens with zero attached hydrogens (tertiary/aromatic N) is 2. The Morgan fingerprint density at radius 3 is 2.65 bits per heavy atom. The van der Waals surface area contributed by atoms with Gasteiger partial charge in [-0.1, -0.05) is 0 Å². The third-order valence-corrected chi connectivity index (χ3v) is 4.20. The summed E-state index contributed by atoms with van der Waals surface area (Å²) in [6, 6.07) is 5.01. The van der Waals surface area contributed by atoms with Crippen molar-refractivity contribution < 1.29 is 9.72 Å². The summed E-state index contributed by atoms with van der Waals surface area (Å²) in [5, 5.41) is 11.9. The van der Waals surface area contributed by atoms with Crippen molar-refractivity contribution in [1.82, 2.24) is 4.57 Å². The number of Topliss-reactive ketones (excluding diaryl/α,β-unsaturated/α-hetero) is 1. The maximum Gasteiger partial charge on any atom is 0.271 e. The molecular formula is C15H16N2O3. The van der Waals surface area contributed by atoms with Crippen LogP contribution in [0.25, 0.3) is 10.9 Å². The van der Waals surface area contributed by atoms with Crippen molar-refractivity contribution in [2.24, 2.45) is 7.05 Å². The number of carbonyl (C=O) groups excluding carboxylic acids is 1. The average molecular weight is 272 g/mol. The second-order valence-electron chi connectivity index (χ2n) is 5.47. The molecule has 1 aromatic carbocycles. The van der Waals surface area contributed by atoms with Gasteiger partial charge in [0, 0.05) is 43.6 Å². The first-order valence-electron chi connectivity index (χ1n) is 6.81. The molecule has 0 amide bonds. The lowest BCUT2D eigenvalue weighted by atomic mass is 9.83. The molecule has 1 fully saturated rings. The number of aryl methyl sites for hydroxylation is 1. The van der Waals surface area contributed by atoms with Crippen molar-refractivity contribution in [3.63, 3.8) is 0 Å². The first kappa shape index (κ1) is 12.8. The monoisotopic (exact) mass is 272 g/mol. The van der Waals surface area contributed by atoms with Crippen LogP contribution in [0.1, 0.15) is 37.2 Å². The van der Waals surface area contributed by atoms with Crippen molar-refractivity contribution in [3.8, 4) is 0 Å². The van der Waals surface area contributed by atoms with E-state index in [-0.39, 0.29) is 10.6 Å². The van der Waals surface area contributed by atoms with Crippen LogP contribution in [0, 0.1) is 10.1 Å². The Morgan fingerprint density at radius 1 is 1.30 bits per heavy atom. The number of aromatic nitrogens is 1. The van der Waals surface area contributed by atoms with Gasteiger partial charge in [-0.05, 0) is 30.4 Å². The maximum atomic E-state index is 11.3. The van der Waals surface area contributed by atoms with Crippen LogP contribution in [-0.4, -0.2) is 15.3 Å². The molecule has 3 rings (SSSR count). The normalized spacial score (nSPS) is 16.8. The van der Waals surface area contributed by atoms with E-state index in [1.807, 2.05) is 17.7 Å². The van der Waals surface area contributed by atoms with Gasteiger partial charge < -0.3 is 4.57 Å². The molecule has 20 heavy (non-hydrogen) atoms. The quantitative estimate of drug-likeness (QED) is 0.622. The number of rotatable bonds is 2. The van der Waals surface area contributed by atoms with Gasteiger partial charge in [-0.25, -0.2) is 0 Å². The zero-order valence-electron chi connectivity index (χ0n) is 11.3. The highest BCUT2D eigenvalue weighted by Crippen LogP contribution is 2.37. The molecule has 1 aliphatic carbocycles. The summed E-state index contributed by atoms with van der Waals surface area (Å²) in [6.07, 6.45) is 5.11. The summed E-state index contributed by atoms with van der Waals surface area (Å²) in [7, 11) is 1.91. The molecule has 0 unspecified atom stereocenters. The topological polar surface area (TPSA) is 65.1 Å². The number of ketones is 1.